The third kappa shape index (κ3) is 6.44. The Labute approximate surface area is 228 Å². The Kier molecular flexibility index (Phi) is 9.81. The van der Waals surface area contributed by atoms with Gasteiger partial charge in [0.1, 0.15) is 0 Å². The number of quaternary nitrogens is 1. The fraction of sp³-hybridized carbons (Fsp3) is 0.333. The number of hydrogen-bond donors (Lipinski definition) is 2. The lowest BCUT2D eigenvalue weighted by Gasteiger charge is -2.34. The predicted molar refractivity (Wildman–Crippen MR) is 150 cm³/mol. The van der Waals surface area contributed by atoms with Gasteiger partial charge >= 0.3 is 0 Å². The third-order valence-electron chi connectivity index (χ3n) is 7.02. The number of likely N-dealkylation sites (tertiary alicyclic amines) is 1. The highest BCUT2D eigenvalue weighted by Gasteiger charge is 2.39. The molecule has 0 radical (unpaired) electrons. The average molecular weight is 537 g/mol. The van der Waals surface area contributed by atoms with Crippen molar-refractivity contribution in [2.75, 3.05) is 19.5 Å². The first-order valence-corrected chi connectivity index (χ1v) is 14.4. The van der Waals surface area contributed by atoms with Crippen LogP contribution in [-0.2, 0) is 12.1 Å². The van der Waals surface area contributed by atoms with Gasteiger partial charge in [0.15, 0.2) is 12.1 Å². The van der Waals surface area contributed by atoms with E-state index >= 15 is 0 Å². The summed E-state index contributed by atoms with van der Waals surface area (Å²) in [5, 5.41) is 16.7. The zero-order valence-electron chi connectivity index (χ0n) is 21.4. The summed E-state index contributed by atoms with van der Waals surface area (Å²) in [7, 11) is 0. The number of nitrogens with one attached hydrogen (secondary N) is 1. The van der Waals surface area contributed by atoms with Crippen LogP contribution in [0.1, 0.15) is 42.6 Å². The Hall–Kier alpha value is -2.64. The molecule has 3 aromatic carbocycles. The molecule has 2 heterocycles. The van der Waals surface area contributed by atoms with Crippen molar-refractivity contribution in [2.45, 2.75) is 42.1 Å². The highest BCUT2D eigenvalue weighted by atomic mass is 35.5. The van der Waals surface area contributed by atoms with Crippen LogP contribution in [0.5, 0.6) is 0 Å². The minimum Gasteiger partial charge on any atom is -0.373 e. The number of aromatic nitrogens is 2. The maximum absolute atomic E-state index is 11.9. The predicted octanol–water partition coefficient (Wildman–Crippen LogP) is 5.18. The normalized spacial score (nSPS) is 19.6. The van der Waals surface area contributed by atoms with Gasteiger partial charge in [0, 0.05) is 17.7 Å². The van der Waals surface area contributed by atoms with E-state index in [0.717, 1.165) is 13.1 Å². The van der Waals surface area contributed by atoms with Gasteiger partial charge in [0.2, 0.25) is 5.82 Å². The number of hydrogen-bond acceptors (Lipinski definition) is 5. The number of benzene rings is 3. The van der Waals surface area contributed by atoms with E-state index < -0.39 is 5.60 Å². The summed E-state index contributed by atoms with van der Waals surface area (Å²) in [6, 6.07) is 29.8. The van der Waals surface area contributed by atoms with Gasteiger partial charge in [-0.05, 0) is 29.2 Å². The zero-order valence-corrected chi connectivity index (χ0v) is 23.0. The molecular weight excluding hydrogens is 502 g/mol. The Balaban J connectivity index is 0.00000156. The van der Waals surface area contributed by atoms with Crippen LogP contribution in [0.25, 0.3) is 0 Å². The van der Waals surface area contributed by atoms with Gasteiger partial charge in [-0.2, -0.15) is 4.98 Å². The number of piperidine rings is 1. The summed E-state index contributed by atoms with van der Waals surface area (Å²) < 4.78 is 5.71. The van der Waals surface area contributed by atoms with E-state index in [0.29, 0.717) is 34.7 Å². The van der Waals surface area contributed by atoms with Gasteiger partial charge in [-0.1, -0.05) is 97.4 Å². The summed E-state index contributed by atoms with van der Waals surface area (Å²) in [6.45, 7) is 5.10. The van der Waals surface area contributed by atoms with Crippen LogP contribution in [0.4, 0.5) is 0 Å². The van der Waals surface area contributed by atoms with Crippen molar-refractivity contribution in [3.8, 4) is 0 Å². The second-order valence-electron chi connectivity index (χ2n) is 9.26. The minimum atomic E-state index is -1.47. The second kappa shape index (κ2) is 13.2. The summed E-state index contributed by atoms with van der Waals surface area (Å²) in [4.78, 5) is 7.49. The summed E-state index contributed by atoms with van der Waals surface area (Å²) in [5.74, 6) is 1.56. The number of alkyl halides is 1. The van der Waals surface area contributed by atoms with Crippen molar-refractivity contribution >= 4 is 23.4 Å². The Morgan fingerprint density at radius 2 is 1.51 bits per heavy atom. The molecule has 4 aromatic rings. The van der Waals surface area contributed by atoms with Crippen molar-refractivity contribution in [1.29, 1.82) is 0 Å². The molecular formula is C30H35ClN3O2S+. The molecule has 5 rings (SSSR count). The molecule has 1 aliphatic heterocycles. The van der Waals surface area contributed by atoms with Crippen molar-refractivity contribution in [2.24, 2.45) is 5.92 Å². The molecule has 7 heteroatoms. The summed E-state index contributed by atoms with van der Waals surface area (Å²) >= 11 is 6.63. The molecule has 0 bridgehead atoms. The van der Waals surface area contributed by atoms with E-state index in [9.17, 15) is 5.11 Å². The van der Waals surface area contributed by atoms with Crippen LogP contribution < -0.4 is 4.90 Å². The SMILES string of the molecule is CCC1CC[NH+](Cc2nc(C(O)(c3ccccc3)c3ccccc3)no2)CC1Sc1ccccc1.CCl. The lowest BCUT2D eigenvalue weighted by Crippen LogP contribution is -3.13. The van der Waals surface area contributed by atoms with Gasteiger partial charge in [-0.3, -0.25) is 0 Å². The van der Waals surface area contributed by atoms with Crippen LogP contribution in [0.2, 0.25) is 0 Å². The minimum absolute atomic E-state index is 0.281. The van der Waals surface area contributed by atoms with Crippen LogP contribution in [0.15, 0.2) is 100 Å². The lowest BCUT2D eigenvalue weighted by atomic mass is 9.85. The molecule has 1 aromatic heterocycles. The number of halogens is 1. The molecule has 1 saturated heterocycles. The number of nitrogens with zero attached hydrogens (tertiary/aromatic N) is 2. The summed E-state index contributed by atoms with van der Waals surface area (Å²) in [6.07, 6.45) is 3.86. The average Bonchev–Trinajstić information content (AvgIpc) is 3.44. The fourth-order valence-corrected chi connectivity index (χ4v) is 6.54. The second-order valence-corrected chi connectivity index (χ2v) is 10.6. The highest BCUT2D eigenvalue weighted by molar-refractivity contribution is 8.00. The maximum Gasteiger partial charge on any atom is 0.281 e. The van der Waals surface area contributed by atoms with E-state index in [-0.39, 0.29) is 5.82 Å². The van der Waals surface area contributed by atoms with Crippen LogP contribution >= 0.6 is 23.4 Å². The standard InChI is InChI=1S/C29H31N3O2S.CH3Cl/c1-2-22-18-19-32(20-26(22)35-25-16-10-5-11-17-25)21-27-30-28(31-34-27)29(33,23-12-6-3-7-13-23)24-14-8-4-9-15-24;1-2/h3-17,22,26,33H,2,18-21H2,1H3;1H3/p+1. The van der Waals surface area contributed by atoms with Gasteiger partial charge < -0.3 is 14.5 Å². The molecule has 2 N–H and O–H groups in total. The number of aliphatic hydroxyl groups is 1. The molecule has 3 atom stereocenters. The van der Waals surface area contributed by atoms with E-state index in [4.69, 9.17) is 9.51 Å². The molecule has 0 aliphatic carbocycles. The van der Waals surface area contributed by atoms with E-state index in [1.54, 1.807) is 0 Å². The zero-order chi connectivity index (χ0) is 26.1. The van der Waals surface area contributed by atoms with Gasteiger partial charge in [-0.15, -0.1) is 23.4 Å². The van der Waals surface area contributed by atoms with Crippen LogP contribution in [-0.4, -0.2) is 40.0 Å². The number of thioether (sulfide) groups is 1. The van der Waals surface area contributed by atoms with Gasteiger partial charge in [0.25, 0.3) is 5.89 Å². The van der Waals surface area contributed by atoms with E-state index in [2.05, 4.69) is 54.0 Å². The topological polar surface area (TPSA) is 63.6 Å². The quantitative estimate of drug-likeness (QED) is 0.304. The Bertz CT molecular complexity index is 1170. The molecule has 0 amide bonds. The first kappa shape index (κ1) is 27.4. The van der Waals surface area contributed by atoms with E-state index in [1.807, 2.05) is 72.4 Å². The third-order valence-corrected chi connectivity index (χ3v) is 8.41. The molecule has 0 saturated carbocycles. The Morgan fingerprint density at radius 1 is 0.946 bits per heavy atom. The van der Waals surface area contributed by atoms with Crippen molar-refractivity contribution in [1.82, 2.24) is 10.1 Å². The van der Waals surface area contributed by atoms with Crippen molar-refractivity contribution in [3.05, 3.63) is 114 Å². The molecule has 1 aliphatic rings. The first-order chi connectivity index (χ1) is 18.2. The van der Waals surface area contributed by atoms with Crippen molar-refractivity contribution < 1.29 is 14.5 Å². The largest absolute Gasteiger partial charge is 0.373 e. The van der Waals surface area contributed by atoms with Gasteiger partial charge in [0.05, 0.1) is 18.3 Å². The highest BCUT2D eigenvalue weighted by Crippen LogP contribution is 2.35. The number of rotatable bonds is 8. The monoisotopic (exact) mass is 536 g/mol. The van der Waals surface area contributed by atoms with Gasteiger partial charge in [-0.25, -0.2) is 0 Å². The smallest absolute Gasteiger partial charge is 0.281 e. The lowest BCUT2D eigenvalue weighted by molar-refractivity contribution is -0.920. The van der Waals surface area contributed by atoms with Crippen LogP contribution in [0, 0.1) is 5.92 Å². The van der Waals surface area contributed by atoms with Crippen molar-refractivity contribution in [3.63, 3.8) is 0 Å². The fourth-order valence-electron chi connectivity index (χ4n) is 5.04. The van der Waals surface area contributed by atoms with Crippen LogP contribution in [0.3, 0.4) is 0 Å². The molecule has 194 valence electrons. The molecule has 1 fully saturated rings. The summed E-state index contributed by atoms with van der Waals surface area (Å²) in [5.41, 5.74) is -0.0384. The Morgan fingerprint density at radius 3 is 2.08 bits per heavy atom. The first-order valence-electron chi connectivity index (χ1n) is 12.8. The molecule has 37 heavy (non-hydrogen) atoms. The van der Waals surface area contributed by atoms with E-state index in [1.165, 1.54) is 29.0 Å². The molecule has 5 nitrogen and oxygen atoms in total. The molecule has 3 unspecified atom stereocenters. The molecule has 0 spiro atoms. The maximum atomic E-state index is 11.9.